The van der Waals surface area contributed by atoms with Gasteiger partial charge in [0.15, 0.2) is 0 Å². The maximum absolute atomic E-state index is 11.9. The number of nitriles is 1. The Morgan fingerprint density at radius 1 is 1.24 bits per heavy atom. The lowest BCUT2D eigenvalue weighted by Gasteiger charge is -2.22. The van der Waals surface area contributed by atoms with Crippen LogP contribution in [-0.4, -0.2) is 24.2 Å². The molecule has 0 heterocycles. The van der Waals surface area contributed by atoms with E-state index < -0.39 is 5.41 Å². The van der Waals surface area contributed by atoms with Crippen LogP contribution < -0.4 is 5.32 Å². The summed E-state index contributed by atoms with van der Waals surface area (Å²) in [6.45, 7) is 4.59. The quantitative estimate of drug-likeness (QED) is 0.605. The predicted octanol–water partition coefficient (Wildman–Crippen LogP) is 1.99. The topological polar surface area (TPSA) is 73.1 Å². The minimum absolute atomic E-state index is 0.146. The van der Waals surface area contributed by atoms with Gasteiger partial charge in [-0.2, -0.15) is 5.26 Å². The highest BCUT2D eigenvalue weighted by Crippen LogP contribution is 2.25. The Morgan fingerprint density at radius 2 is 1.82 bits per heavy atom. The highest BCUT2D eigenvalue weighted by atomic mass is 16.2. The van der Waals surface area contributed by atoms with Crippen molar-refractivity contribution in [2.24, 2.45) is 5.41 Å². The van der Waals surface area contributed by atoms with Crippen LogP contribution in [0.25, 0.3) is 0 Å². The minimum atomic E-state index is -0.856. The first-order valence-corrected chi connectivity index (χ1v) is 6.47. The van der Waals surface area contributed by atoms with Gasteiger partial charge in [-0.25, -0.2) is 0 Å². The van der Waals surface area contributed by atoms with Crippen molar-refractivity contribution < 1.29 is 9.90 Å². The van der Waals surface area contributed by atoms with Gasteiger partial charge in [0.1, 0.15) is 5.41 Å². The smallest absolute Gasteiger partial charge is 0.240 e. The number of unbranched alkanes of at least 4 members (excludes halogenated alkanes) is 3. The Bertz CT molecular complexity index is 255. The van der Waals surface area contributed by atoms with E-state index in [0.717, 1.165) is 25.7 Å². The van der Waals surface area contributed by atoms with Gasteiger partial charge in [-0.1, -0.05) is 26.7 Å². The molecule has 0 unspecified atom stereocenters. The monoisotopic (exact) mass is 240 g/mol. The highest BCUT2D eigenvalue weighted by Gasteiger charge is 2.34. The molecule has 0 atom stereocenters. The van der Waals surface area contributed by atoms with E-state index in [4.69, 9.17) is 10.4 Å². The van der Waals surface area contributed by atoms with Gasteiger partial charge in [-0.05, 0) is 25.7 Å². The van der Waals surface area contributed by atoms with Gasteiger partial charge in [0.05, 0.1) is 6.07 Å². The number of nitrogens with zero attached hydrogens (tertiary/aromatic N) is 1. The SMILES string of the molecule is CCC(C#N)(CC)C(=O)NCCCCCCO. The number of amides is 1. The molecule has 0 aliphatic carbocycles. The fourth-order valence-electron chi connectivity index (χ4n) is 1.74. The minimum Gasteiger partial charge on any atom is -0.396 e. The van der Waals surface area contributed by atoms with Crippen molar-refractivity contribution >= 4 is 5.91 Å². The lowest BCUT2D eigenvalue weighted by molar-refractivity contribution is -0.128. The zero-order valence-electron chi connectivity index (χ0n) is 11.0. The van der Waals surface area contributed by atoms with E-state index in [1.54, 1.807) is 0 Å². The Balaban J connectivity index is 3.89. The van der Waals surface area contributed by atoms with Gasteiger partial charge in [0.25, 0.3) is 0 Å². The van der Waals surface area contributed by atoms with Crippen molar-refractivity contribution in [3.05, 3.63) is 0 Å². The first-order valence-electron chi connectivity index (χ1n) is 6.47. The normalized spacial score (nSPS) is 10.9. The molecule has 4 heteroatoms. The maximum atomic E-state index is 11.9. The third-order valence-electron chi connectivity index (χ3n) is 3.23. The molecule has 98 valence electrons. The van der Waals surface area contributed by atoms with E-state index in [-0.39, 0.29) is 12.5 Å². The van der Waals surface area contributed by atoms with Gasteiger partial charge in [0.2, 0.25) is 5.91 Å². The zero-order valence-corrected chi connectivity index (χ0v) is 11.0. The average Bonchev–Trinajstić information content (AvgIpc) is 2.36. The van der Waals surface area contributed by atoms with Gasteiger partial charge >= 0.3 is 0 Å². The van der Waals surface area contributed by atoms with Crippen molar-refractivity contribution in [3.63, 3.8) is 0 Å². The molecule has 4 nitrogen and oxygen atoms in total. The molecule has 0 saturated carbocycles. The number of aliphatic hydroxyl groups excluding tert-OH is 1. The molecule has 0 spiro atoms. The summed E-state index contributed by atoms with van der Waals surface area (Å²) in [6, 6.07) is 2.13. The second kappa shape index (κ2) is 9.00. The van der Waals surface area contributed by atoms with E-state index in [1.807, 2.05) is 13.8 Å². The number of carbonyl (C=O) groups is 1. The van der Waals surface area contributed by atoms with Crippen LogP contribution in [0.1, 0.15) is 52.4 Å². The lowest BCUT2D eigenvalue weighted by atomic mass is 9.83. The summed E-state index contributed by atoms with van der Waals surface area (Å²) in [4.78, 5) is 11.9. The fraction of sp³-hybridized carbons (Fsp3) is 0.846. The van der Waals surface area contributed by atoms with E-state index in [9.17, 15) is 4.79 Å². The van der Waals surface area contributed by atoms with E-state index >= 15 is 0 Å². The van der Waals surface area contributed by atoms with Crippen molar-refractivity contribution in [3.8, 4) is 6.07 Å². The molecule has 17 heavy (non-hydrogen) atoms. The third kappa shape index (κ3) is 5.18. The number of nitrogens with one attached hydrogen (secondary N) is 1. The second-order valence-corrected chi connectivity index (χ2v) is 4.29. The van der Waals surface area contributed by atoms with Crippen LogP contribution in [0.3, 0.4) is 0 Å². The number of carbonyl (C=O) groups excluding carboxylic acids is 1. The molecule has 0 saturated heterocycles. The molecule has 0 aromatic carbocycles. The van der Waals surface area contributed by atoms with Crippen LogP contribution >= 0.6 is 0 Å². The fourth-order valence-corrected chi connectivity index (χ4v) is 1.74. The summed E-state index contributed by atoms with van der Waals surface area (Å²) >= 11 is 0. The molecule has 0 bridgehead atoms. The Morgan fingerprint density at radius 3 is 2.29 bits per heavy atom. The predicted molar refractivity (Wildman–Crippen MR) is 67.2 cm³/mol. The molecule has 0 radical (unpaired) electrons. The molecule has 0 fully saturated rings. The van der Waals surface area contributed by atoms with Crippen LogP contribution in [0.15, 0.2) is 0 Å². The van der Waals surface area contributed by atoms with Crippen molar-refractivity contribution in [1.29, 1.82) is 5.26 Å². The van der Waals surface area contributed by atoms with Crippen LogP contribution in [0, 0.1) is 16.7 Å². The molecule has 0 aliphatic rings. The largest absolute Gasteiger partial charge is 0.396 e. The Labute approximate surface area is 104 Å². The molecule has 0 aromatic heterocycles. The van der Waals surface area contributed by atoms with Crippen LogP contribution in [0.5, 0.6) is 0 Å². The lowest BCUT2D eigenvalue weighted by Crippen LogP contribution is -2.39. The molecule has 1 amide bonds. The van der Waals surface area contributed by atoms with Gasteiger partial charge in [-0.3, -0.25) is 4.79 Å². The summed E-state index contributed by atoms with van der Waals surface area (Å²) in [5.41, 5.74) is -0.856. The molecular weight excluding hydrogens is 216 g/mol. The summed E-state index contributed by atoms with van der Waals surface area (Å²) in [7, 11) is 0. The molecule has 0 aliphatic heterocycles. The first-order chi connectivity index (χ1) is 8.16. The van der Waals surface area contributed by atoms with E-state index in [1.165, 1.54) is 0 Å². The number of hydrogen-bond donors (Lipinski definition) is 2. The van der Waals surface area contributed by atoms with Gasteiger partial charge < -0.3 is 10.4 Å². The average molecular weight is 240 g/mol. The van der Waals surface area contributed by atoms with Crippen LogP contribution in [0.4, 0.5) is 0 Å². The zero-order chi connectivity index (χ0) is 13.1. The molecular formula is C13H24N2O2. The summed E-state index contributed by atoms with van der Waals surface area (Å²) in [5.74, 6) is -0.146. The summed E-state index contributed by atoms with van der Waals surface area (Å²) < 4.78 is 0. The van der Waals surface area contributed by atoms with Crippen molar-refractivity contribution in [1.82, 2.24) is 5.32 Å². The molecule has 0 aromatic rings. The highest BCUT2D eigenvalue weighted by molar-refractivity contribution is 5.85. The van der Waals surface area contributed by atoms with E-state index in [2.05, 4.69) is 11.4 Å². The van der Waals surface area contributed by atoms with E-state index in [0.29, 0.717) is 19.4 Å². The summed E-state index contributed by atoms with van der Waals surface area (Å²) in [5, 5.41) is 20.5. The third-order valence-corrected chi connectivity index (χ3v) is 3.23. The maximum Gasteiger partial charge on any atom is 0.240 e. The Hall–Kier alpha value is -1.08. The first kappa shape index (κ1) is 15.9. The summed E-state index contributed by atoms with van der Waals surface area (Å²) in [6.07, 6.45) is 4.81. The standard InChI is InChI=1S/C13H24N2O2/c1-3-13(4-2,11-14)12(17)15-9-7-5-6-8-10-16/h16H,3-10H2,1-2H3,(H,15,17). The molecule has 0 rings (SSSR count). The van der Waals surface area contributed by atoms with Gasteiger partial charge in [0, 0.05) is 13.2 Å². The Kier molecular flexibility index (Phi) is 8.43. The number of hydrogen-bond acceptors (Lipinski definition) is 3. The van der Waals surface area contributed by atoms with Crippen molar-refractivity contribution in [2.45, 2.75) is 52.4 Å². The van der Waals surface area contributed by atoms with Crippen molar-refractivity contribution in [2.75, 3.05) is 13.2 Å². The number of aliphatic hydroxyl groups is 1. The van der Waals surface area contributed by atoms with Crippen LogP contribution in [-0.2, 0) is 4.79 Å². The second-order valence-electron chi connectivity index (χ2n) is 4.29. The molecule has 2 N–H and O–H groups in total. The van der Waals surface area contributed by atoms with Gasteiger partial charge in [-0.15, -0.1) is 0 Å². The number of rotatable bonds is 9. The van der Waals surface area contributed by atoms with Crippen LogP contribution in [0.2, 0.25) is 0 Å².